The lowest BCUT2D eigenvalue weighted by atomic mass is 9.93. The highest BCUT2D eigenvalue weighted by Gasteiger charge is 2.27. The van der Waals surface area contributed by atoms with E-state index >= 15 is 0 Å². The van der Waals surface area contributed by atoms with Crippen LogP contribution in [0.5, 0.6) is 5.75 Å². The molecule has 1 amide bonds. The van der Waals surface area contributed by atoms with Crippen molar-refractivity contribution in [2.24, 2.45) is 5.92 Å². The summed E-state index contributed by atoms with van der Waals surface area (Å²) in [6.07, 6.45) is 7.78. The standard InChI is InChI=1S/C30H37N5O3/c1-20-10-11-22(29(36)32-23-12-13-23)18-25(20)35-17-14-31-28(30(35)37)33-27(21(2)19-34-15-6-7-16-34)24-8-4-5-9-26(24)38-3/h4-5,8-11,14,17-18,21,23,27H,6-7,12-13,15-16,19H2,1-3H3,(H,31,33)(H,32,36)/t21-,27+/m0/s1. The molecule has 5 rings (SSSR count). The zero-order valence-electron chi connectivity index (χ0n) is 22.4. The fourth-order valence-electron chi connectivity index (χ4n) is 5.28. The van der Waals surface area contributed by atoms with Crippen molar-refractivity contribution in [3.05, 3.63) is 81.9 Å². The van der Waals surface area contributed by atoms with Gasteiger partial charge in [-0.3, -0.25) is 14.2 Å². The summed E-state index contributed by atoms with van der Waals surface area (Å²) in [7, 11) is 1.67. The number of anilines is 1. The van der Waals surface area contributed by atoms with E-state index in [0.29, 0.717) is 11.3 Å². The number of ether oxygens (including phenoxy) is 1. The third-order valence-electron chi connectivity index (χ3n) is 7.56. The molecule has 0 unspecified atom stereocenters. The van der Waals surface area contributed by atoms with Gasteiger partial charge in [-0.05, 0) is 75.4 Å². The monoisotopic (exact) mass is 515 g/mol. The number of likely N-dealkylation sites (tertiary alicyclic amines) is 1. The van der Waals surface area contributed by atoms with Crippen LogP contribution in [0.15, 0.2) is 59.7 Å². The van der Waals surface area contributed by atoms with Gasteiger partial charge in [0.15, 0.2) is 5.82 Å². The number of nitrogens with one attached hydrogen (secondary N) is 2. The Morgan fingerprint density at radius 1 is 1.16 bits per heavy atom. The van der Waals surface area contributed by atoms with Crippen LogP contribution in [-0.2, 0) is 0 Å². The quantitative estimate of drug-likeness (QED) is 0.418. The first-order chi connectivity index (χ1) is 18.4. The Balaban J connectivity index is 1.48. The van der Waals surface area contributed by atoms with Crippen molar-refractivity contribution in [3.8, 4) is 11.4 Å². The summed E-state index contributed by atoms with van der Waals surface area (Å²) < 4.78 is 7.27. The molecule has 200 valence electrons. The summed E-state index contributed by atoms with van der Waals surface area (Å²) in [4.78, 5) is 33.4. The molecule has 2 fully saturated rings. The van der Waals surface area contributed by atoms with Crippen LogP contribution in [0.2, 0.25) is 0 Å². The molecule has 38 heavy (non-hydrogen) atoms. The third-order valence-corrected chi connectivity index (χ3v) is 7.56. The maximum atomic E-state index is 13.8. The SMILES string of the molecule is COc1ccccc1[C@H](Nc1nccn(-c2cc(C(=O)NC3CC3)ccc2C)c1=O)[C@@H](C)CN1CCCC1. The molecule has 2 N–H and O–H groups in total. The normalized spacial score (nSPS) is 17.1. The summed E-state index contributed by atoms with van der Waals surface area (Å²) in [5.41, 5.74) is 2.84. The first-order valence-electron chi connectivity index (χ1n) is 13.6. The minimum atomic E-state index is -0.261. The number of aryl methyl sites for hydroxylation is 1. The van der Waals surface area contributed by atoms with Gasteiger partial charge in [-0.25, -0.2) is 4.98 Å². The molecule has 0 bridgehead atoms. The molecule has 0 radical (unpaired) electrons. The predicted molar refractivity (Wildman–Crippen MR) is 149 cm³/mol. The zero-order chi connectivity index (χ0) is 26.6. The van der Waals surface area contributed by atoms with E-state index in [0.717, 1.165) is 49.4 Å². The third kappa shape index (κ3) is 5.75. The average molecular weight is 516 g/mol. The van der Waals surface area contributed by atoms with Crippen LogP contribution in [0.25, 0.3) is 5.69 Å². The molecule has 1 aromatic heterocycles. The van der Waals surface area contributed by atoms with Crippen LogP contribution < -0.4 is 20.9 Å². The molecule has 2 aromatic carbocycles. The van der Waals surface area contributed by atoms with Gasteiger partial charge < -0.3 is 20.3 Å². The number of nitrogens with zero attached hydrogens (tertiary/aromatic N) is 3. The number of rotatable bonds is 10. The molecule has 8 heteroatoms. The van der Waals surface area contributed by atoms with Gasteiger partial charge in [-0.2, -0.15) is 0 Å². The highest BCUT2D eigenvalue weighted by atomic mass is 16.5. The maximum Gasteiger partial charge on any atom is 0.297 e. The summed E-state index contributed by atoms with van der Waals surface area (Å²) >= 11 is 0. The lowest BCUT2D eigenvalue weighted by molar-refractivity contribution is 0.0951. The van der Waals surface area contributed by atoms with E-state index in [1.54, 1.807) is 36.2 Å². The first kappa shape index (κ1) is 26.0. The molecule has 1 aliphatic carbocycles. The number of carbonyl (C=O) groups is 1. The molecular formula is C30H37N5O3. The fourth-order valence-corrected chi connectivity index (χ4v) is 5.28. The second kappa shape index (κ2) is 11.4. The molecule has 3 aromatic rings. The molecule has 1 aliphatic heterocycles. The van der Waals surface area contributed by atoms with Crippen molar-refractivity contribution in [2.75, 3.05) is 32.1 Å². The number of methoxy groups -OCH3 is 1. The van der Waals surface area contributed by atoms with Gasteiger partial charge in [-0.1, -0.05) is 31.2 Å². The van der Waals surface area contributed by atoms with Crippen molar-refractivity contribution in [2.45, 2.75) is 51.6 Å². The summed E-state index contributed by atoms with van der Waals surface area (Å²) in [6, 6.07) is 13.5. The van der Waals surface area contributed by atoms with Gasteiger partial charge in [0.2, 0.25) is 0 Å². The van der Waals surface area contributed by atoms with Crippen molar-refractivity contribution in [1.29, 1.82) is 0 Å². The largest absolute Gasteiger partial charge is 0.496 e. The van der Waals surface area contributed by atoms with E-state index < -0.39 is 0 Å². The molecule has 1 saturated heterocycles. The highest BCUT2D eigenvalue weighted by Crippen LogP contribution is 2.33. The second-order valence-electron chi connectivity index (χ2n) is 10.5. The number of amides is 1. The van der Waals surface area contributed by atoms with Gasteiger partial charge in [0.25, 0.3) is 11.5 Å². The molecule has 2 heterocycles. The maximum absolute atomic E-state index is 13.8. The summed E-state index contributed by atoms with van der Waals surface area (Å²) in [5.74, 6) is 1.13. The van der Waals surface area contributed by atoms with Crippen LogP contribution in [0.1, 0.15) is 60.1 Å². The van der Waals surface area contributed by atoms with E-state index in [9.17, 15) is 9.59 Å². The van der Waals surface area contributed by atoms with E-state index in [1.807, 2.05) is 37.3 Å². The van der Waals surface area contributed by atoms with Crippen molar-refractivity contribution < 1.29 is 9.53 Å². The van der Waals surface area contributed by atoms with E-state index in [4.69, 9.17) is 4.74 Å². The van der Waals surface area contributed by atoms with Crippen LogP contribution >= 0.6 is 0 Å². The van der Waals surface area contributed by atoms with Gasteiger partial charge in [0.05, 0.1) is 18.8 Å². The Morgan fingerprint density at radius 2 is 1.92 bits per heavy atom. The zero-order valence-corrected chi connectivity index (χ0v) is 22.4. The van der Waals surface area contributed by atoms with Crippen LogP contribution in [0.3, 0.4) is 0 Å². The molecule has 0 spiro atoms. The molecular weight excluding hydrogens is 478 g/mol. The number of aromatic nitrogens is 2. The minimum absolute atomic E-state index is 0.110. The van der Waals surface area contributed by atoms with E-state index in [1.165, 1.54) is 12.8 Å². The van der Waals surface area contributed by atoms with Crippen LogP contribution in [0, 0.1) is 12.8 Å². The lowest BCUT2D eigenvalue weighted by Gasteiger charge is -2.30. The van der Waals surface area contributed by atoms with Gasteiger partial charge in [0, 0.05) is 36.1 Å². The predicted octanol–water partition coefficient (Wildman–Crippen LogP) is 4.33. The van der Waals surface area contributed by atoms with Crippen molar-refractivity contribution in [1.82, 2.24) is 19.8 Å². The van der Waals surface area contributed by atoms with Gasteiger partial charge in [0.1, 0.15) is 5.75 Å². The second-order valence-corrected chi connectivity index (χ2v) is 10.5. The number of hydrogen-bond donors (Lipinski definition) is 2. The molecule has 1 saturated carbocycles. The highest BCUT2D eigenvalue weighted by molar-refractivity contribution is 5.95. The number of hydrogen-bond acceptors (Lipinski definition) is 6. The minimum Gasteiger partial charge on any atom is -0.496 e. The van der Waals surface area contributed by atoms with Crippen LogP contribution in [-0.4, -0.2) is 53.1 Å². The number of benzene rings is 2. The molecule has 2 aliphatic rings. The number of para-hydroxylation sites is 1. The van der Waals surface area contributed by atoms with E-state index in [-0.39, 0.29) is 35.3 Å². The van der Waals surface area contributed by atoms with Gasteiger partial charge in [-0.15, -0.1) is 0 Å². The fraction of sp³-hybridized carbons (Fsp3) is 0.433. The average Bonchev–Trinajstić information content (AvgIpc) is 3.59. The Hall–Kier alpha value is -3.65. The Morgan fingerprint density at radius 3 is 2.66 bits per heavy atom. The molecule has 8 nitrogen and oxygen atoms in total. The van der Waals surface area contributed by atoms with E-state index in [2.05, 4.69) is 27.4 Å². The summed E-state index contributed by atoms with van der Waals surface area (Å²) in [6.45, 7) is 7.25. The van der Waals surface area contributed by atoms with Gasteiger partial charge >= 0.3 is 0 Å². The van der Waals surface area contributed by atoms with Crippen molar-refractivity contribution >= 4 is 11.7 Å². The van der Waals surface area contributed by atoms with Crippen LogP contribution in [0.4, 0.5) is 5.82 Å². The Bertz CT molecular complexity index is 1340. The smallest absolute Gasteiger partial charge is 0.297 e. The number of carbonyl (C=O) groups excluding carboxylic acids is 1. The Labute approximate surface area is 224 Å². The summed E-state index contributed by atoms with van der Waals surface area (Å²) in [5, 5.41) is 6.51. The van der Waals surface area contributed by atoms with Crippen molar-refractivity contribution in [3.63, 3.8) is 0 Å². The Kier molecular flexibility index (Phi) is 7.79. The molecule has 2 atom stereocenters. The topological polar surface area (TPSA) is 88.5 Å². The lowest BCUT2D eigenvalue weighted by Crippen LogP contribution is -2.33. The first-order valence-corrected chi connectivity index (χ1v) is 13.6.